The number of nitrogens with zero attached hydrogens (tertiary/aromatic N) is 1. The van der Waals surface area contributed by atoms with E-state index in [0.717, 1.165) is 45.3 Å². The summed E-state index contributed by atoms with van der Waals surface area (Å²) in [5, 5.41) is 3.39. The van der Waals surface area contributed by atoms with Crippen molar-refractivity contribution in [1.82, 2.24) is 10.2 Å². The van der Waals surface area contributed by atoms with Crippen LogP contribution in [0.3, 0.4) is 0 Å². The molecule has 3 nitrogen and oxygen atoms in total. The summed E-state index contributed by atoms with van der Waals surface area (Å²) >= 11 is 0. The molecule has 0 radical (unpaired) electrons. The molecule has 1 N–H and O–H groups in total. The number of benzene rings is 1. The maximum atomic E-state index is 13.2. The Labute approximate surface area is 127 Å². The standard InChI is InChI=1S/C18H26N2O/c1-3-18(10-11-19-13-18)17(21)20-12-6-9-16(20)15-8-5-4-7-14(15)2/h4-5,7-8,16,19H,3,6,9-13H2,1-2H3. The Morgan fingerprint density at radius 1 is 1.43 bits per heavy atom. The highest BCUT2D eigenvalue weighted by Gasteiger charge is 2.45. The maximum absolute atomic E-state index is 13.2. The van der Waals surface area contributed by atoms with Gasteiger partial charge < -0.3 is 10.2 Å². The van der Waals surface area contributed by atoms with Gasteiger partial charge in [0.25, 0.3) is 0 Å². The van der Waals surface area contributed by atoms with Gasteiger partial charge >= 0.3 is 0 Å². The lowest BCUT2D eigenvalue weighted by Gasteiger charge is -2.35. The van der Waals surface area contributed by atoms with Crippen molar-refractivity contribution >= 4 is 5.91 Å². The van der Waals surface area contributed by atoms with Crippen molar-refractivity contribution in [2.45, 2.75) is 45.6 Å². The van der Waals surface area contributed by atoms with Gasteiger partial charge in [0.15, 0.2) is 0 Å². The Hall–Kier alpha value is -1.35. The van der Waals surface area contributed by atoms with Crippen LogP contribution in [-0.4, -0.2) is 30.4 Å². The summed E-state index contributed by atoms with van der Waals surface area (Å²) in [6.45, 7) is 7.05. The number of hydrogen-bond acceptors (Lipinski definition) is 2. The van der Waals surface area contributed by atoms with Crippen LogP contribution < -0.4 is 5.32 Å². The molecule has 0 spiro atoms. The smallest absolute Gasteiger partial charge is 0.230 e. The zero-order valence-electron chi connectivity index (χ0n) is 13.2. The monoisotopic (exact) mass is 286 g/mol. The van der Waals surface area contributed by atoms with E-state index in [2.05, 4.69) is 48.3 Å². The molecule has 3 rings (SSSR count). The van der Waals surface area contributed by atoms with Crippen LogP contribution in [0.5, 0.6) is 0 Å². The molecule has 2 unspecified atom stereocenters. The van der Waals surface area contributed by atoms with Crippen molar-refractivity contribution in [1.29, 1.82) is 0 Å². The van der Waals surface area contributed by atoms with E-state index in [4.69, 9.17) is 0 Å². The first kappa shape index (κ1) is 14.6. The Morgan fingerprint density at radius 3 is 2.90 bits per heavy atom. The zero-order valence-corrected chi connectivity index (χ0v) is 13.2. The van der Waals surface area contributed by atoms with Crippen LogP contribution in [0.1, 0.15) is 49.8 Å². The molecular formula is C18H26N2O. The summed E-state index contributed by atoms with van der Waals surface area (Å²) < 4.78 is 0. The van der Waals surface area contributed by atoms with Gasteiger partial charge in [-0.3, -0.25) is 4.79 Å². The number of hydrogen-bond donors (Lipinski definition) is 1. The fraction of sp³-hybridized carbons (Fsp3) is 0.611. The number of likely N-dealkylation sites (tertiary alicyclic amines) is 1. The summed E-state index contributed by atoms with van der Waals surface area (Å²) in [5.41, 5.74) is 2.48. The van der Waals surface area contributed by atoms with Crippen LogP contribution in [0.25, 0.3) is 0 Å². The third-order valence-electron chi connectivity index (χ3n) is 5.44. The molecule has 3 heteroatoms. The molecule has 2 saturated heterocycles. The highest BCUT2D eigenvalue weighted by molar-refractivity contribution is 5.84. The van der Waals surface area contributed by atoms with E-state index in [1.165, 1.54) is 11.1 Å². The molecule has 2 aliphatic heterocycles. The topological polar surface area (TPSA) is 32.3 Å². The van der Waals surface area contributed by atoms with Crippen LogP contribution in [0.15, 0.2) is 24.3 Å². The van der Waals surface area contributed by atoms with Crippen LogP contribution in [0.2, 0.25) is 0 Å². The minimum absolute atomic E-state index is 0.161. The number of carbonyl (C=O) groups is 1. The molecule has 0 aromatic heterocycles. The number of aryl methyl sites for hydroxylation is 1. The molecule has 2 fully saturated rings. The number of carbonyl (C=O) groups excluding carboxylic acids is 1. The van der Waals surface area contributed by atoms with Crippen molar-refractivity contribution < 1.29 is 4.79 Å². The minimum atomic E-state index is -0.161. The number of nitrogens with one attached hydrogen (secondary N) is 1. The van der Waals surface area contributed by atoms with Crippen molar-refractivity contribution in [2.75, 3.05) is 19.6 Å². The minimum Gasteiger partial charge on any atom is -0.335 e. The number of amides is 1. The van der Waals surface area contributed by atoms with Crippen LogP contribution in [-0.2, 0) is 4.79 Å². The van der Waals surface area contributed by atoms with Gasteiger partial charge in [-0.05, 0) is 50.3 Å². The van der Waals surface area contributed by atoms with Crippen molar-refractivity contribution in [3.8, 4) is 0 Å². The number of rotatable bonds is 3. The highest BCUT2D eigenvalue weighted by Crippen LogP contribution is 2.40. The summed E-state index contributed by atoms with van der Waals surface area (Å²) in [6, 6.07) is 8.80. The normalized spacial score (nSPS) is 29.0. The predicted molar refractivity (Wildman–Crippen MR) is 85.1 cm³/mol. The fourth-order valence-corrected chi connectivity index (χ4v) is 3.98. The van der Waals surface area contributed by atoms with Crippen molar-refractivity contribution in [2.24, 2.45) is 5.41 Å². The largest absolute Gasteiger partial charge is 0.335 e. The van der Waals surface area contributed by atoms with Crippen LogP contribution >= 0.6 is 0 Å². The first-order valence-corrected chi connectivity index (χ1v) is 8.25. The molecule has 1 aromatic carbocycles. The van der Waals surface area contributed by atoms with Gasteiger partial charge in [-0.2, -0.15) is 0 Å². The summed E-state index contributed by atoms with van der Waals surface area (Å²) in [5.74, 6) is 0.376. The van der Waals surface area contributed by atoms with E-state index < -0.39 is 0 Å². The predicted octanol–water partition coefficient (Wildman–Crippen LogP) is 3.05. The van der Waals surface area contributed by atoms with E-state index in [0.29, 0.717) is 5.91 Å². The third-order valence-corrected chi connectivity index (χ3v) is 5.44. The van der Waals surface area contributed by atoms with E-state index in [9.17, 15) is 4.79 Å². The molecule has 0 saturated carbocycles. The van der Waals surface area contributed by atoms with E-state index in [1.54, 1.807) is 0 Å². The summed E-state index contributed by atoms with van der Waals surface area (Å²) in [6.07, 6.45) is 4.15. The molecule has 2 heterocycles. The average molecular weight is 286 g/mol. The maximum Gasteiger partial charge on any atom is 0.230 e. The lowest BCUT2D eigenvalue weighted by molar-refractivity contribution is -0.142. The lowest BCUT2D eigenvalue weighted by Crippen LogP contribution is -2.44. The lowest BCUT2D eigenvalue weighted by atomic mass is 9.82. The van der Waals surface area contributed by atoms with Gasteiger partial charge in [-0.25, -0.2) is 0 Å². The van der Waals surface area contributed by atoms with E-state index >= 15 is 0 Å². The van der Waals surface area contributed by atoms with Crippen LogP contribution in [0, 0.1) is 12.3 Å². The molecular weight excluding hydrogens is 260 g/mol. The van der Waals surface area contributed by atoms with Gasteiger partial charge in [-0.15, -0.1) is 0 Å². The second-order valence-electron chi connectivity index (χ2n) is 6.57. The fourth-order valence-electron chi connectivity index (χ4n) is 3.98. The first-order chi connectivity index (χ1) is 10.2. The summed E-state index contributed by atoms with van der Waals surface area (Å²) in [7, 11) is 0. The zero-order chi connectivity index (χ0) is 14.9. The van der Waals surface area contributed by atoms with Gasteiger partial charge in [0.1, 0.15) is 0 Å². The molecule has 114 valence electrons. The molecule has 2 atom stereocenters. The second kappa shape index (κ2) is 5.80. The van der Waals surface area contributed by atoms with E-state index in [1.807, 2.05) is 0 Å². The van der Waals surface area contributed by atoms with Gasteiger partial charge in [0.05, 0.1) is 11.5 Å². The van der Waals surface area contributed by atoms with Crippen molar-refractivity contribution in [3.05, 3.63) is 35.4 Å². The average Bonchev–Trinajstić information content (AvgIpc) is 3.17. The Bertz CT molecular complexity index is 520. The molecule has 1 aromatic rings. The third kappa shape index (κ3) is 2.48. The van der Waals surface area contributed by atoms with Gasteiger partial charge in [-0.1, -0.05) is 31.2 Å². The van der Waals surface area contributed by atoms with Gasteiger partial charge in [0.2, 0.25) is 5.91 Å². The quantitative estimate of drug-likeness (QED) is 0.926. The molecule has 0 aliphatic carbocycles. The SMILES string of the molecule is CCC1(C(=O)N2CCCC2c2ccccc2C)CCNC1. The van der Waals surface area contributed by atoms with Gasteiger partial charge in [0, 0.05) is 13.1 Å². The Kier molecular flexibility index (Phi) is 4.03. The second-order valence-corrected chi connectivity index (χ2v) is 6.57. The summed E-state index contributed by atoms with van der Waals surface area (Å²) in [4.78, 5) is 15.3. The highest BCUT2D eigenvalue weighted by atomic mass is 16.2. The van der Waals surface area contributed by atoms with E-state index in [-0.39, 0.29) is 11.5 Å². The Balaban J connectivity index is 1.87. The molecule has 21 heavy (non-hydrogen) atoms. The first-order valence-electron chi connectivity index (χ1n) is 8.25. The van der Waals surface area contributed by atoms with Crippen molar-refractivity contribution in [3.63, 3.8) is 0 Å². The Morgan fingerprint density at radius 2 is 2.24 bits per heavy atom. The van der Waals surface area contributed by atoms with Crippen LogP contribution in [0.4, 0.5) is 0 Å². The molecule has 2 aliphatic rings. The molecule has 1 amide bonds. The molecule has 0 bridgehead atoms.